The predicted molar refractivity (Wildman–Crippen MR) is 78.0 cm³/mol. The summed E-state index contributed by atoms with van der Waals surface area (Å²) in [4.78, 5) is 7.04. The van der Waals surface area contributed by atoms with Crippen LogP contribution in [0.15, 0.2) is 10.9 Å². The van der Waals surface area contributed by atoms with E-state index in [0.717, 1.165) is 6.54 Å². The molecule has 0 radical (unpaired) electrons. The molecule has 0 saturated carbocycles. The second-order valence-corrected chi connectivity index (χ2v) is 6.25. The van der Waals surface area contributed by atoms with Crippen molar-refractivity contribution in [2.75, 3.05) is 13.1 Å². The van der Waals surface area contributed by atoms with E-state index >= 15 is 0 Å². The summed E-state index contributed by atoms with van der Waals surface area (Å²) in [7, 11) is 0. The van der Waals surface area contributed by atoms with Gasteiger partial charge in [-0.25, -0.2) is 4.98 Å². The Morgan fingerprint density at radius 1 is 1.44 bits per heavy atom. The third-order valence-electron chi connectivity index (χ3n) is 3.88. The van der Waals surface area contributed by atoms with Gasteiger partial charge in [0.05, 0.1) is 17.2 Å². The first-order chi connectivity index (χ1) is 8.68. The first-order valence-electron chi connectivity index (χ1n) is 7.05. The maximum absolute atomic E-state index is 4.47. The lowest BCUT2D eigenvalue weighted by molar-refractivity contribution is 0.136. The number of aromatic nitrogens is 1. The molecule has 2 atom stereocenters. The van der Waals surface area contributed by atoms with Crippen molar-refractivity contribution < 1.29 is 0 Å². The third-order valence-corrected chi connectivity index (χ3v) is 4.49. The average molecular weight is 267 g/mol. The van der Waals surface area contributed by atoms with Gasteiger partial charge in [0.15, 0.2) is 0 Å². The first kappa shape index (κ1) is 14.0. The van der Waals surface area contributed by atoms with Crippen LogP contribution < -0.4 is 5.32 Å². The average Bonchev–Trinajstić information content (AvgIpc) is 2.90. The van der Waals surface area contributed by atoms with E-state index < -0.39 is 0 Å². The van der Waals surface area contributed by atoms with Crippen molar-refractivity contribution >= 4 is 11.3 Å². The lowest BCUT2D eigenvalue weighted by Gasteiger charge is -2.36. The molecule has 1 aliphatic rings. The van der Waals surface area contributed by atoms with E-state index in [0.29, 0.717) is 18.1 Å². The Morgan fingerprint density at radius 2 is 2.28 bits per heavy atom. The van der Waals surface area contributed by atoms with Gasteiger partial charge in [-0.1, -0.05) is 6.42 Å². The zero-order valence-corrected chi connectivity index (χ0v) is 12.5. The van der Waals surface area contributed by atoms with E-state index in [1.807, 2.05) is 5.51 Å². The number of rotatable bonds is 5. The molecule has 0 aromatic carbocycles. The van der Waals surface area contributed by atoms with Gasteiger partial charge in [0, 0.05) is 24.0 Å². The van der Waals surface area contributed by atoms with Crippen LogP contribution in [-0.2, 0) is 0 Å². The molecule has 1 saturated heterocycles. The van der Waals surface area contributed by atoms with Gasteiger partial charge in [-0.05, 0) is 40.2 Å². The Hall–Kier alpha value is -0.450. The van der Waals surface area contributed by atoms with Crippen molar-refractivity contribution in [2.45, 2.75) is 58.2 Å². The van der Waals surface area contributed by atoms with Crippen molar-refractivity contribution in [1.29, 1.82) is 0 Å². The minimum atomic E-state index is 0.417. The SMILES string of the molecule is CC(C)N(CC1CCCCN1)C(C)c1cscn1. The van der Waals surface area contributed by atoms with Crippen LogP contribution in [-0.4, -0.2) is 35.1 Å². The molecule has 1 aliphatic heterocycles. The number of piperidine rings is 1. The summed E-state index contributed by atoms with van der Waals surface area (Å²) in [6, 6.07) is 1.63. The minimum Gasteiger partial charge on any atom is -0.313 e. The van der Waals surface area contributed by atoms with Gasteiger partial charge >= 0.3 is 0 Å². The van der Waals surface area contributed by atoms with Crippen molar-refractivity contribution in [3.63, 3.8) is 0 Å². The van der Waals surface area contributed by atoms with Crippen LogP contribution in [0.2, 0.25) is 0 Å². The van der Waals surface area contributed by atoms with Crippen LogP contribution in [0.3, 0.4) is 0 Å². The third kappa shape index (κ3) is 3.53. The molecule has 102 valence electrons. The number of thiazole rings is 1. The minimum absolute atomic E-state index is 0.417. The van der Waals surface area contributed by atoms with E-state index in [-0.39, 0.29) is 0 Å². The van der Waals surface area contributed by atoms with Crippen LogP contribution in [0.5, 0.6) is 0 Å². The molecule has 0 aliphatic carbocycles. The summed E-state index contributed by atoms with van der Waals surface area (Å²) in [5, 5.41) is 5.82. The van der Waals surface area contributed by atoms with E-state index in [2.05, 4.69) is 41.4 Å². The fourth-order valence-electron chi connectivity index (χ4n) is 2.75. The van der Waals surface area contributed by atoms with E-state index in [1.165, 1.54) is 31.5 Å². The largest absolute Gasteiger partial charge is 0.313 e. The quantitative estimate of drug-likeness (QED) is 0.888. The summed E-state index contributed by atoms with van der Waals surface area (Å²) in [6.07, 6.45) is 4.02. The van der Waals surface area contributed by atoms with Gasteiger partial charge < -0.3 is 5.32 Å². The van der Waals surface area contributed by atoms with Crippen molar-refractivity contribution in [3.05, 3.63) is 16.6 Å². The Labute approximate surface area is 115 Å². The summed E-state index contributed by atoms with van der Waals surface area (Å²) in [6.45, 7) is 9.16. The molecule has 18 heavy (non-hydrogen) atoms. The molecule has 2 rings (SSSR count). The molecular weight excluding hydrogens is 242 g/mol. The topological polar surface area (TPSA) is 28.2 Å². The molecule has 0 spiro atoms. The fourth-order valence-corrected chi connectivity index (χ4v) is 3.39. The predicted octanol–water partition coefficient (Wildman–Crippen LogP) is 3.06. The number of nitrogens with one attached hydrogen (secondary N) is 1. The van der Waals surface area contributed by atoms with Crippen molar-refractivity contribution in [1.82, 2.24) is 15.2 Å². The molecule has 0 amide bonds. The Bertz CT molecular complexity index is 331. The van der Waals surface area contributed by atoms with Crippen LogP contribution in [0.1, 0.15) is 51.8 Å². The molecule has 1 aromatic heterocycles. The van der Waals surface area contributed by atoms with Crippen molar-refractivity contribution in [2.24, 2.45) is 0 Å². The van der Waals surface area contributed by atoms with Gasteiger partial charge in [-0.15, -0.1) is 11.3 Å². The second kappa shape index (κ2) is 6.64. The zero-order chi connectivity index (χ0) is 13.0. The highest BCUT2D eigenvalue weighted by molar-refractivity contribution is 7.07. The van der Waals surface area contributed by atoms with E-state index in [4.69, 9.17) is 0 Å². The normalized spacial score (nSPS) is 22.6. The van der Waals surface area contributed by atoms with Crippen LogP contribution in [0, 0.1) is 0 Å². The highest BCUT2D eigenvalue weighted by Gasteiger charge is 2.24. The summed E-state index contributed by atoms with van der Waals surface area (Å²) < 4.78 is 0. The van der Waals surface area contributed by atoms with Crippen LogP contribution in [0.25, 0.3) is 0 Å². The molecule has 1 fully saturated rings. The maximum Gasteiger partial charge on any atom is 0.0795 e. The number of hydrogen-bond acceptors (Lipinski definition) is 4. The Balaban J connectivity index is 1.98. The highest BCUT2D eigenvalue weighted by Crippen LogP contribution is 2.23. The van der Waals surface area contributed by atoms with Gasteiger partial charge in [0.2, 0.25) is 0 Å². The lowest BCUT2D eigenvalue weighted by atomic mass is 10.0. The molecular formula is C14H25N3S. The molecule has 3 nitrogen and oxygen atoms in total. The fraction of sp³-hybridized carbons (Fsp3) is 0.786. The maximum atomic E-state index is 4.47. The van der Waals surface area contributed by atoms with Crippen LogP contribution >= 0.6 is 11.3 Å². The summed E-state index contributed by atoms with van der Waals surface area (Å²) in [5.74, 6) is 0. The van der Waals surface area contributed by atoms with Gasteiger partial charge in [-0.2, -0.15) is 0 Å². The number of nitrogens with zero attached hydrogens (tertiary/aromatic N) is 2. The second-order valence-electron chi connectivity index (χ2n) is 5.53. The molecule has 0 bridgehead atoms. The van der Waals surface area contributed by atoms with E-state index in [9.17, 15) is 0 Å². The first-order valence-corrected chi connectivity index (χ1v) is 8.00. The summed E-state index contributed by atoms with van der Waals surface area (Å²) >= 11 is 1.69. The summed E-state index contributed by atoms with van der Waals surface area (Å²) in [5.41, 5.74) is 3.15. The Morgan fingerprint density at radius 3 is 2.83 bits per heavy atom. The standard InChI is InChI=1S/C14H25N3S/c1-11(2)17(8-13-6-4-5-7-15-13)12(3)14-9-18-10-16-14/h9-13,15H,4-8H2,1-3H3. The van der Waals surface area contributed by atoms with Crippen molar-refractivity contribution in [3.8, 4) is 0 Å². The molecule has 2 unspecified atom stereocenters. The molecule has 1 aromatic rings. The lowest BCUT2D eigenvalue weighted by Crippen LogP contribution is -2.46. The molecule has 2 heterocycles. The van der Waals surface area contributed by atoms with Gasteiger partial charge in [-0.3, -0.25) is 4.90 Å². The van der Waals surface area contributed by atoms with Gasteiger partial charge in [0.1, 0.15) is 0 Å². The molecule has 1 N–H and O–H groups in total. The van der Waals surface area contributed by atoms with Gasteiger partial charge in [0.25, 0.3) is 0 Å². The monoisotopic (exact) mass is 267 g/mol. The number of hydrogen-bond donors (Lipinski definition) is 1. The van der Waals surface area contributed by atoms with Crippen LogP contribution in [0.4, 0.5) is 0 Å². The smallest absolute Gasteiger partial charge is 0.0795 e. The highest BCUT2D eigenvalue weighted by atomic mass is 32.1. The Kier molecular flexibility index (Phi) is 5.15. The van der Waals surface area contributed by atoms with E-state index in [1.54, 1.807) is 11.3 Å². The molecule has 4 heteroatoms. The zero-order valence-electron chi connectivity index (χ0n) is 11.7.